The molecule has 1 unspecified atom stereocenters. The van der Waals surface area contributed by atoms with Crippen LogP contribution in [-0.2, 0) is 11.3 Å². The summed E-state index contributed by atoms with van der Waals surface area (Å²) in [6, 6.07) is 11.9. The first-order valence-electron chi connectivity index (χ1n) is 7.97. The predicted molar refractivity (Wildman–Crippen MR) is 98.3 cm³/mol. The molecule has 0 aliphatic rings. The van der Waals surface area contributed by atoms with Gasteiger partial charge in [-0.15, -0.1) is 11.8 Å². The molecule has 7 nitrogen and oxygen atoms in total. The molecule has 1 amide bonds. The summed E-state index contributed by atoms with van der Waals surface area (Å²) >= 11 is 1.33. The van der Waals surface area contributed by atoms with Crippen LogP contribution in [-0.4, -0.2) is 32.5 Å². The van der Waals surface area contributed by atoms with Gasteiger partial charge in [-0.3, -0.25) is 19.9 Å². The number of nitro groups is 1. The summed E-state index contributed by atoms with van der Waals surface area (Å²) in [6.45, 7) is 2.52. The normalized spacial score (nSPS) is 11.4. The highest BCUT2D eigenvalue weighted by Crippen LogP contribution is 2.26. The van der Waals surface area contributed by atoms with Crippen LogP contribution in [0.15, 0.2) is 53.7 Å². The summed E-state index contributed by atoms with van der Waals surface area (Å²) < 4.78 is 0. The fraction of sp³-hybridized carbons (Fsp3) is 0.278. The Morgan fingerprint density at radius 1 is 1.38 bits per heavy atom. The van der Waals surface area contributed by atoms with Crippen molar-refractivity contribution in [1.29, 1.82) is 5.26 Å². The van der Waals surface area contributed by atoms with Gasteiger partial charge in [-0.1, -0.05) is 6.07 Å². The average molecular weight is 370 g/mol. The van der Waals surface area contributed by atoms with Gasteiger partial charge in [0.2, 0.25) is 5.91 Å². The third-order valence-electron chi connectivity index (χ3n) is 3.61. The molecule has 1 atom stereocenters. The van der Waals surface area contributed by atoms with Crippen LogP contribution in [0.1, 0.15) is 18.9 Å². The highest BCUT2D eigenvalue weighted by Gasteiger charge is 2.22. The largest absolute Gasteiger partial charge is 0.336 e. The van der Waals surface area contributed by atoms with E-state index in [0.29, 0.717) is 13.1 Å². The number of hydrogen-bond donors (Lipinski definition) is 0. The number of carbonyl (C=O) groups is 1. The SMILES string of the molecule is CC(Sc1ccc([N+](=O)[O-])cc1)C(=O)N(CCC#N)Cc1cccnc1. The van der Waals surface area contributed by atoms with Gasteiger partial charge < -0.3 is 4.90 Å². The second-order valence-electron chi connectivity index (χ2n) is 5.54. The van der Waals surface area contributed by atoms with Gasteiger partial charge in [0, 0.05) is 42.5 Å². The van der Waals surface area contributed by atoms with Gasteiger partial charge in [0.1, 0.15) is 0 Å². The van der Waals surface area contributed by atoms with Crippen LogP contribution < -0.4 is 0 Å². The lowest BCUT2D eigenvalue weighted by atomic mass is 10.2. The van der Waals surface area contributed by atoms with Gasteiger partial charge in [-0.2, -0.15) is 5.26 Å². The number of amides is 1. The smallest absolute Gasteiger partial charge is 0.269 e. The van der Waals surface area contributed by atoms with Crippen molar-refractivity contribution in [3.63, 3.8) is 0 Å². The van der Waals surface area contributed by atoms with E-state index in [1.807, 2.05) is 6.07 Å². The molecule has 1 heterocycles. The van der Waals surface area contributed by atoms with Crippen molar-refractivity contribution in [3.8, 4) is 6.07 Å². The third-order valence-corrected chi connectivity index (χ3v) is 4.71. The summed E-state index contributed by atoms with van der Waals surface area (Å²) in [5, 5.41) is 19.2. The van der Waals surface area contributed by atoms with E-state index >= 15 is 0 Å². The number of pyridine rings is 1. The molecule has 0 N–H and O–H groups in total. The zero-order valence-electron chi connectivity index (χ0n) is 14.2. The van der Waals surface area contributed by atoms with Gasteiger partial charge in [-0.25, -0.2) is 0 Å². The van der Waals surface area contributed by atoms with E-state index < -0.39 is 4.92 Å². The van der Waals surface area contributed by atoms with E-state index in [0.717, 1.165) is 10.5 Å². The number of carbonyl (C=O) groups excluding carboxylic acids is 1. The molecule has 1 aromatic carbocycles. The number of rotatable bonds is 8. The van der Waals surface area contributed by atoms with Crippen LogP contribution in [0.5, 0.6) is 0 Å². The molecule has 0 saturated heterocycles. The molecule has 0 fully saturated rings. The van der Waals surface area contributed by atoms with Crippen molar-refractivity contribution in [1.82, 2.24) is 9.88 Å². The maximum atomic E-state index is 12.8. The minimum absolute atomic E-state index is 0.0144. The van der Waals surface area contributed by atoms with Crippen LogP contribution in [0.3, 0.4) is 0 Å². The van der Waals surface area contributed by atoms with E-state index in [2.05, 4.69) is 11.1 Å². The number of nitro benzene ring substituents is 1. The van der Waals surface area contributed by atoms with Crippen molar-refractivity contribution in [2.75, 3.05) is 6.54 Å². The molecular formula is C18H18N4O3S. The Morgan fingerprint density at radius 2 is 2.12 bits per heavy atom. The minimum atomic E-state index is -0.458. The molecule has 0 radical (unpaired) electrons. The zero-order chi connectivity index (χ0) is 18.9. The molecule has 2 rings (SSSR count). The van der Waals surface area contributed by atoms with Gasteiger partial charge in [0.25, 0.3) is 5.69 Å². The summed E-state index contributed by atoms with van der Waals surface area (Å²) in [4.78, 5) is 29.5. The number of benzene rings is 1. The number of nitrogens with zero attached hydrogens (tertiary/aromatic N) is 4. The van der Waals surface area contributed by atoms with Crippen molar-refractivity contribution in [3.05, 3.63) is 64.5 Å². The van der Waals surface area contributed by atoms with E-state index in [4.69, 9.17) is 5.26 Å². The molecular weight excluding hydrogens is 352 g/mol. The first kappa shape index (κ1) is 19.4. The molecule has 134 valence electrons. The third kappa shape index (κ3) is 5.57. The number of non-ortho nitro benzene ring substituents is 1. The van der Waals surface area contributed by atoms with E-state index in [-0.39, 0.29) is 23.3 Å². The Labute approximate surface area is 155 Å². The molecule has 26 heavy (non-hydrogen) atoms. The van der Waals surface area contributed by atoms with E-state index in [1.165, 1.54) is 23.9 Å². The summed E-state index contributed by atoms with van der Waals surface area (Å²) in [7, 11) is 0. The fourth-order valence-electron chi connectivity index (χ4n) is 2.32. The van der Waals surface area contributed by atoms with Crippen molar-refractivity contribution in [2.45, 2.75) is 30.0 Å². The molecule has 0 aliphatic carbocycles. The van der Waals surface area contributed by atoms with Gasteiger partial charge in [-0.05, 0) is 30.7 Å². The molecule has 0 saturated carbocycles. The average Bonchev–Trinajstić information content (AvgIpc) is 2.65. The maximum Gasteiger partial charge on any atom is 0.269 e. The Kier molecular flexibility index (Phi) is 7.12. The lowest BCUT2D eigenvalue weighted by Gasteiger charge is -2.25. The van der Waals surface area contributed by atoms with E-state index in [1.54, 1.807) is 42.4 Å². The standard InChI is InChI=1S/C18H18N4O3S/c1-14(26-17-7-5-16(6-8-17)22(24)25)18(23)21(11-3-9-19)13-15-4-2-10-20-12-15/h2,4-8,10,12,14H,3,11,13H2,1H3. The van der Waals surface area contributed by atoms with Crippen molar-refractivity contribution >= 4 is 23.4 Å². The van der Waals surface area contributed by atoms with Crippen LogP contribution >= 0.6 is 11.8 Å². The molecule has 0 spiro atoms. The Bertz CT molecular complexity index is 790. The van der Waals surface area contributed by atoms with E-state index in [9.17, 15) is 14.9 Å². The lowest BCUT2D eigenvalue weighted by molar-refractivity contribution is -0.384. The highest BCUT2D eigenvalue weighted by molar-refractivity contribution is 8.00. The number of aromatic nitrogens is 1. The fourth-order valence-corrected chi connectivity index (χ4v) is 3.27. The molecule has 1 aromatic heterocycles. The van der Waals surface area contributed by atoms with Crippen LogP contribution in [0.4, 0.5) is 5.69 Å². The molecule has 2 aromatic rings. The van der Waals surface area contributed by atoms with Crippen LogP contribution in [0.2, 0.25) is 0 Å². The van der Waals surface area contributed by atoms with Crippen molar-refractivity contribution in [2.24, 2.45) is 0 Å². The second-order valence-corrected chi connectivity index (χ2v) is 6.95. The van der Waals surface area contributed by atoms with Gasteiger partial charge in [0.15, 0.2) is 0 Å². The Balaban J connectivity index is 2.05. The first-order valence-corrected chi connectivity index (χ1v) is 8.85. The molecule has 8 heteroatoms. The topological polar surface area (TPSA) is 100 Å². The summed E-state index contributed by atoms with van der Waals surface area (Å²) in [6.07, 6.45) is 3.61. The Hall–Kier alpha value is -2.92. The predicted octanol–water partition coefficient (Wildman–Crippen LogP) is 3.41. The van der Waals surface area contributed by atoms with Gasteiger partial charge in [0.05, 0.1) is 22.7 Å². The quantitative estimate of drug-likeness (QED) is 0.401. The highest BCUT2D eigenvalue weighted by atomic mass is 32.2. The summed E-state index contributed by atoms with van der Waals surface area (Å²) in [5.74, 6) is -0.0903. The zero-order valence-corrected chi connectivity index (χ0v) is 15.1. The van der Waals surface area contributed by atoms with Crippen molar-refractivity contribution < 1.29 is 9.72 Å². The first-order chi connectivity index (χ1) is 12.5. The second kappa shape index (κ2) is 9.53. The Morgan fingerprint density at radius 3 is 2.69 bits per heavy atom. The summed E-state index contributed by atoms with van der Waals surface area (Å²) in [5.41, 5.74) is 0.909. The monoisotopic (exact) mass is 370 g/mol. The number of hydrogen-bond acceptors (Lipinski definition) is 6. The van der Waals surface area contributed by atoms with Crippen LogP contribution in [0.25, 0.3) is 0 Å². The number of thioether (sulfide) groups is 1. The van der Waals surface area contributed by atoms with Gasteiger partial charge >= 0.3 is 0 Å². The number of nitriles is 1. The minimum Gasteiger partial charge on any atom is -0.336 e. The molecule has 0 aliphatic heterocycles. The maximum absolute atomic E-state index is 12.8. The van der Waals surface area contributed by atoms with Crippen LogP contribution in [0, 0.1) is 21.4 Å². The molecule has 0 bridgehead atoms. The lowest BCUT2D eigenvalue weighted by Crippen LogP contribution is -2.36.